The quantitative estimate of drug-likeness (QED) is 0.683. The first-order chi connectivity index (χ1) is 8.69. The summed E-state index contributed by atoms with van der Waals surface area (Å²) in [4.78, 5) is 27.4. The molecule has 1 amide bonds. The van der Waals surface area contributed by atoms with Crippen molar-refractivity contribution in [2.45, 2.75) is 39.2 Å². The summed E-state index contributed by atoms with van der Waals surface area (Å²) in [6.07, 6.45) is 2.43. The van der Waals surface area contributed by atoms with Crippen LogP contribution >= 0.6 is 0 Å². The maximum Gasteiger partial charge on any atom is 0.410 e. The Morgan fingerprint density at radius 3 is 2.37 bits per heavy atom. The van der Waals surface area contributed by atoms with Gasteiger partial charge in [-0.1, -0.05) is 0 Å². The predicted octanol–water partition coefficient (Wildman–Crippen LogP) is 2.03. The Hall–Kier alpha value is -1.52. The molecule has 0 N–H and O–H groups in total. The molecule has 0 spiro atoms. The molecule has 0 unspecified atom stereocenters. The van der Waals surface area contributed by atoms with Crippen LogP contribution in [0.25, 0.3) is 0 Å². The van der Waals surface area contributed by atoms with E-state index in [2.05, 4.69) is 0 Å². The minimum absolute atomic E-state index is 0.111. The van der Waals surface area contributed by atoms with Crippen LogP contribution in [0.15, 0.2) is 11.8 Å². The molecule has 0 aromatic heterocycles. The molecule has 5 nitrogen and oxygen atoms in total. The number of hydrogen-bond donors (Lipinski definition) is 0. The smallest absolute Gasteiger partial charge is 0.410 e. The fourth-order valence-corrected chi connectivity index (χ4v) is 1.86. The molecular formula is C14H24N2O3. The molecule has 0 aromatic carbocycles. The van der Waals surface area contributed by atoms with Crippen molar-refractivity contribution in [3.05, 3.63) is 11.8 Å². The van der Waals surface area contributed by atoms with Crippen molar-refractivity contribution >= 4 is 11.9 Å². The summed E-state index contributed by atoms with van der Waals surface area (Å²) in [5, 5.41) is 0. The Balaban J connectivity index is 2.68. The zero-order valence-electron chi connectivity index (χ0n) is 12.5. The zero-order chi connectivity index (χ0) is 14.6. The SMILES string of the molecule is CN(C)C=C1CCN(C(=O)OC(C)(C)C)CCC1=O. The highest BCUT2D eigenvalue weighted by Crippen LogP contribution is 2.17. The molecule has 0 radical (unpaired) electrons. The van der Waals surface area contributed by atoms with Gasteiger partial charge in [-0.3, -0.25) is 4.79 Å². The lowest BCUT2D eigenvalue weighted by molar-refractivity contribution is -0.115. The number of hydrogen-bond acceptors (Lipinski definition) is 4. The first-order valence-corrected chi connectivity index (χ1v) is 6.57. The second-order valence-electron chi connectivity index (χ2n) is 6.01. The fourth-order valence-electron chi connectivity index (χ4n) is 1.86. The number of rotatable bonds is 1. The Morgan fingerprint density at radius 2 is 1.84 bits per heavy atom. The van der Waals surface area contributed by atoms with Crippen LogP contribution in [0.1, 0.15) is 33.6 Å². The molecule has 1 aliphatic heterocycles. The molecule has 0 aromatic rings. The molecule has 1 saturated heterocycles. The molecule has 0 saturated carbocycles. The summed E-state index contributed by atoms with van der Waals surface area (Å²) >= 11 is 0. The van der Waals surface area contributed by atoms with Crippen molar-refractivity contribution in [2.75, 3.05) is 27.2 Å². The van der Waals surface area contributed by atoms with Gasteiger partial charge in [-0.2, -0.15) is 0 Å². The van der Waals surface area contributed by atoms with Gasteiger partial charge in [-0.25, -0.2) is 4.79 Å². The maximum atomic E-state index is 12.0. The number of carbonyl (C=O) groups is 2. The van der Waals surface area contributed by atoms with E-state index in [1.165, 1.54) is 0 Å². The highest BCUT2D eigenvalue weighted by Gasteiger charge is 2.26. The highest BCUT2D eigenvalue weighted by molar-refractivity contribution is 5.96. The zero-order valence-corrected chi connectivity index (χ0v) is 12.5. The van der Waals surface area contributed by atoms with Crippen molar-refractivity contribution in [1.29, 1.82) is 0 Å². The lowest BCUT2D eigenvalue weighted by Gasteiger charge is -2.26. The molecule has 0 aliphatic carbocycles. The minimum atomic E-state index is -0.504. The summed E-state index contributed by atoms with van der Waals surface area (Å²) in [5.41, 5.74) is 0.270. The molecule has 0 bridgehead atoms. The number of carbonyl (C=O) groups excluding carboxylic acids is 2. The van der Waals surface area contributed by atoms with E-state index in [0.29, 0.717) is 25.9 Å². The van der Waals surface area contributed by atoms with Gasteiger partial charge < -0.3 is 14.5 Å². The number of ether oxygens (including phenoxy) is 1. The van der Waals surface area contributed by atoms with Crippen molar-refractivity contribution in [1.82, 2.24) is 9.80 Å². The Labute approximate surface area is 115 Å². The average Bonchev–Trinajstić information content (AvgIpc) is 2.39. The lowest BCUT2D eigenvalue weighted by atomic mass is 10.1. The van der Waals surface area contributed by atoms with E-state index >= 15 is 0 Å². The van der Waals surface area contributed by atoms with E-state index in [9.17, 15) is 9.59 Å². The Kier molecular flexibility index (Phi) is 4.97. The third-order valence-corrected chi connectivity index (χ3v) is 2.68. The van der Waals surface area contributed by atoms with E-state index in [4.69, 9.17) is 4.74 Å². The number of Topliss-reactive ketones (excluding diaryl/α,β-unsaturated/α-hetero) is 1. The van der Waals surface area contributed by atoms with Crippen LogP contribution in [0.2, 0.25) is 0 Å². The van der Waals surface area contributed by atoms with Crippen LogP contribution in [0.3, 0.4) is 0 Å². The number of ketones is 1. The van der Waals surface area contributed by atoms with Gasteiger partial charge >= 0.3 is 6.09 Å². The van der Waals surface area contributed by atoms with Crippen LogP contribution in [-0.2, 0) is 9.53 Å². The Bertz CT molecular complexity index is 381. The first-order valence-electron chi connectivity index (χ1n) is 6.57. The van der Waals surface area contributed by atoms with Gasteiger partial charge in [0.1, 0.15) is 5.60 Å². The van der Waals surface area contributed by atoms with E-state index in [1.807, 2.05) is 46.0 Å². The van der Waals surface area contributed by atoms with E-state index in [-0.39, 0.29) is 11.9 Å². The van der Waals surface area contributed by atoms with Crippen LogP contribution in [0.5, 0.6) is 0 Å². The monoisotopic (exact) mass is 268 g/mol. The summed E-state index contributed by atoms with van der Waals surface area (Å²) in [5.74, 6) is 0.111. The fraction of sp³-hybridized carbons (Fsp3) is 0.714. The van der Waals surface area contributed by atoms with Gasteiger partial charge in [0, 0.05) is 45.4 Å². The molecular weight excluding hydrogens is 244 g/mol. The Morgan fingerprint density at radius 1 is 1.26 bits per heavy atom. The molecule has 19 heavy (non-hydrogen) atoms. The number of amides is 1. The predicted molar refractivity (Wildman–Crippen MR) is 73.8 cm³/mol. The number of nitrogens with zero attached hydrogens (tertiary/aromatic N) is 2. The first kappa shape index (κ1) is 15.5. The van der Waals surface area contributed by atoms with E-state index < -0.39 is 5.60 Å². The second kappa shape index (κ2) is 6.08. The van der Waals surface area contributed by atoms with Crippen LogP contribution < -0.4 is 0 Å². The molecule has 0 atom stereocenters. The molecule has 1 aliphatic rings. The van der Waals surface area contributed by atoms with Gasteiger partial charge in [-0.15, -0.1) is 0 Å². The maximum absolute atomic E-state index is 12.0. The largest absolute Gasteiger partial charge is 0.444 e. The van der Waals surface area contributed by atoms with Gasteiger partial charge in [0.2, 0.25) is 0 Å². The van der Waals surface area contributed by atoms with Crippen LogP contribution in [0.4, 0.5) is 4.79 Å². The van der Waals surface area contributed by atoms with Gasteiger partial charge in [-0.05, 0) is 27.2 Å². The summed E-state index contributed by atoms with van der Waals surface area (Å²) < 4.78 is 5.33. The average molecular weight is 268 g/mol. The van der Waals surface area contributed by atoms with Crippen molar-refractivity contribution in [2.24, 2.45) is 0 Å². The molecule has 1 fully saturated rings. The van der Waals surface area contributed by atoms with Gasteiger partial charge in [0.05, 0.1) is 0 Å². The van der Waals surface area contributed by atoms with E-state index in [1.54, 1.807) is 4.90 Å². The van der Waals surface area contributed by atoms with Crippen LogP contribution in [-0.4, -0.2) is 54.5 Å². The second-order valence-corrected chi connectivity index (χ2v) is 6.01. The van der Waals surface area contributed by atoms with Crippen molar-refractivity contribution < 1.29 is 14.3 Å². The molecule has 108 valence electrons. The summed E-state index contributed by atoms with van der Waals surface area (Å²) in [6, 6.07) is 0. The molecule has 1 heterocycles. The van der Waals surface area contributed by atoms with Gasteiger partial charge in [0.25, 0.3) is 0 Å². The third kappa shape index (κ3) is 5.32. The standard InChI is InChI=1S/C14H24N2O3/c1-14(2,3)19-13(18)16-8-6-11(10-15(4)5)12(17)7-9-16/h10H,6-9H2,1-5H3. The molecule has 5 heteroatoms. The van der Waals surface area contributed by atoms with Crippen molar-refractivity contribution in [3.63, 3.8) is 0 Å². The van der Waals surface area contributed by atoms with Crippen LogP contribution in [0, 0.1) is 0 Å². The summed E-state index contributed by atoms with van der Waals surface area (Å²) in [6.45, 7) is 6.47. The normalized spacial score (nSPS) is 19.3. The molecule has 1 rings (SSSR count). The van der Waals surface area contributed by atoms with Gasteiger partial charge in [0.15, 0.2) is 5.78 Å². The lowest BCUT2D eigenvalue weighted by Crippen LogP contribution is -2.37. The number of likely N-dealkylation sites (tertiary alicyclic amines) is 1. The third-order valence-electron chi connectivity index (χ3n) is 2.68. The minimum Gasteiger partial charge on any atom is -0.444 e. The highest BCUT2D eigenvalue weighted by atomic mass is 16.6. The van der Waals surface area contributed by atoms with Crippen molar-refractivity contribution in [3.8, 4) is 0 Å². The van der Waals surface area contributed by atoms with E-state index in [0.717, 1.165) is 5.57 Å². The summed E-state index contributed by atoms with van der Waals surface area (Å²) in [7, 11) is 3.77. The topological polar surface area (TPSA) is 49.9 Å².